The molecule has 14 atom stereocenters. The highest BCUT2D eigenvalue weighted by Crippen LogP contribution is 2.55. The number of carbonyl (C=O) groups is 3. The Morgan fingerprint density at radius 1 is 0.840 bits per heavy atom. The number of aliphatic hydroxyl groups excluding tert-OH is 3. The highest BCUT2D eigenvalue weighted by Gasteiger charge is 2.48. The van der Waals surface area contributed by atoms with Crippen LogP contribution in [-0.2, 0) is 89.9 Å². The molecule has 5 rings (SSSR count). The van der Waals surface area contributed by atoms with Crippen molar-refractivity contribution in [2.75, 3.05) is 52.9 Å². The van der Waals surface area contributed by atoms with E-state index in [4.69, 9.17) is 51.5 Å². The summed E-state index contributed by atoms with van der Waals surface area (Å²) >= 11 is 0. The first-order valence-electron chi connectivity index (χ1n) is 28.4. The minimum Gasteiger partial charge on any atom is -0.394 e. The summed E-state index contributed by atoms with van der Waals surface area (Å²) in [6.45, 7) is 22.9. The first-order valence-corrected chi connectivity index (χ1v) is 32.0. The van der Waals surface area contributed by atoms with Gasteiger partial charge in [0, 0.05) is 48.7 Å². The normalized spacial score (nSPS) is 26.7. The zero-order chi connectivity index (χ0) is 59.3. The highest BCUT2D eigenvalue weighted by atomic mass is 33.1. The molecular weight excluding hydrogens is 1110 g/mol. The van der Waals surface area contributed by atoms with Crippen molar-refractivity contribution in [1.29, 1.82) is 0 Å². The molecule has 0 saturated carbocycles. The van der Waals surface area contributed by atoms with E-state index < -0.39 is 75.2 Å². The zero-order valence-corrected chi connectivity index (χ0v) is 51.7. The van der Waals surface area contributed by atoms with E-state index in [9.17, 15) is 34.3 Å². The first kappa shape index (κ1) is 69.1. The molecule has 81 heavy (non-hydrogen) atoms. The molecule has 0 aliphatic carbocycles. The maximum absolute atomic E-state index is 14.9. The smallest absolute Gasteiger partial charge is 0.394 e. The van der Waals surface area contributed by atoms with Crippen molar-refractivity contribution < 1.29 is 85.7 Å². The van der Waals surface area contributed by atoms with Crippen molar-refractivity contribution in [2.24, 2.45) is 0 Å². The number of phosphoric ester groups is 1. The number of phosphoric acid groups is 1. The van der Waals surface area contributed by atoms with Crippen molar-refractivity contribution in [1.82, 2.24) is 25.6 Å². The number of aliphatic hydroxyl groups is 3. The maximum Gasteiger partial charge on any atom is 0.475 e. The summed E-state index contributed by atoms with van der Waals surface area (Å²) in [5.41, 5.74) is 1.62. The molecule has 0 spiro atoms. The second kappa shape index (κ2) is 34.5. The number of ketones is 1. The Balaban J connectivity index is 0.972. The first-order chi connectivity index (χ1) is 38.4. The van der Waals surface area contributed by atoms with Crippen LogP contribution in [0.3, 0.4) is 0 Å². The number of nitrogens with one attached hydrogen (secondary N) is 2. The Bertz CT molecular complexity index is 2250. The molecule has 1 aromatic heterocycles. The predicted molar refractivity (Wildman–Crippen MR) is 303 cm³/mol. The average molecular weight is 1210 g/mol. The molecule has 26 heteroatoms. The van der Waals surface area contributed by atoms with Gasteiger partial charge in [-0.2, -0.15) is 0 Å². The minimum atomic E-state index is -4.22. The van der Waals surface area contributed by atoms with Gasteiger partial charge >= 0.3 is 7.82 Å². The lowest BCUT2D eigenvalue weighted by Gasteiger charge is -2.42. The van der Waals surface area contributed by atoms with Gasteiger partial charge in [0.25, 0.3) is 0 Å². The van der Waals surface area contributed by atoms with Crippen LogP contribution in [0, 0.1) is 0 Å². The highest BCUT2D eigenvalue weighted by molar-refractivity contribution is 8.77. The van der Waals surface area contributed by atoms with E-state index in [1.807, 2.05) is 79.7 Å². The van der Waals surface area contributed by atoms with E-state index in [1.165, 1.54) is 6.92 Å². The third-order valence-corrected chi connectivity index (χ3v) is 18.7. The van der Waals surface area contributed by atoms with Gasteiger partial charge in [0.05, 0.1) is 127 Å². The number of nitrogens with zero attached hydrogens (tertiary/aromatic N) is 3. The van der Waals surface area contributed by atoms with Gasteiger partial charge in [-0.05, 0) is 93.7 Å². The van der Waals surface area contributed by atoms with Gasteiger partial charge in [-0.3, -0.25) is 28.0 Å². The fourth-order valence-electron chi connectivity index (χ4n) is 9.65. The molecule has 5 N–H and O–H groups in total. The Morgan fingerprint density at radius 2 is 1.49 bits per heavy atom. The monoisotopic (exact) mass is 1210 g/mol. The molecule has 0 radical (unpaired) electrons. The number of ether oxygens (including phenoxy) is 8. The van der Waals surface area contributed by atoms with Gasteiger partial charge in [0.15, 0.2) is 0 Å². The number of hydrogen-bond acceptors (Lipinski definition) is 22. The second-order valence-corrected chi connectivity index (χ2v) is 26.6. The SMILES string of the molecule is CC(=O)NC1C(CC(=O)CCOCCOCCOCCn2cc(CNC(=O)CCC(C)(C)SSc3ccccc3CCOP(=O)(OC(C)[C@H]3O[C@@H](C)C[C@H]3OC(C)C)O[C@@H]3C[C@H](C)O[C@@H]3C(C)OC(C)C)nn2)OC(CO)C(O)C1O. The number of rotatable bonds is 38. The molecule has 462 valence electrons. The van der Waals surface area contributed by atoms with Crippen LogP contribution in [-0.4, -0.2) is 197 Å². The summed E-state index contributed by atoms with van der Waals surface area (Å²) in [6, 6.07) is 7.00. The molecule has 8 unspecified atom stereocenters. The summed E-state index contributed by atoms with van der Waals surface area (Å²) < 4.78 is 82.3. The van der Waals surface area contributed by atoms with Crippen molar-refractivity contribution in [3.8, 4) is 0 Å². The van der Waals surface area contributed by atoms with Gasteiger partial charge in [-0.25, -0.2) is 9.25 Å². The summed E-state index contributed by atoms with van der Waals surface area (Å²) in [6.07, 6.45) is -3.66. The number of carbonyl (C=O) groups excluding carboxylic acids is 3. The van der Waals surface area contributed by atoms with E-state index in [1.54, 1.807) is 32.5 Å². The van der Waals surface area contributed by atoms with E-state index in [0.717, 1.165) is 10.5 Å². The quantitative estimate of drug-likeness (QED) is 0.0306. The van der Waals surface area contributed by atoms with Gasteiger partial charge in [0.1, 0.15) is 48.1 Å². The third kappa shape index (κ3) is 24.0. The van der Waals surface area contributed by atoms with E-state index in [-0.39, 0.29) is 98.9 Å². The summed E-state index contributed by atoms with van der Waals surface area (Å²) in [7, 11) is -0.921. The summed E-state index contributed by atoms with van der Waals surface area (Å²) in [5, 5.41) is 43.9. The van der Waals surface area contributed by atoms with Crippen LogP contribution in [0.5, 0.6) is 0 Å². The fraction of sp³-hybridized carbons (Fsp3) is 0.800. The molecular formula is C55H92N5O18PS2. The van der Waals surface area contributed by atoms with Gasteiger partial charge in [-0.1, -0.05) is 45.0 Å². The number of Topliss-reactive ketones (excluding diaryl/α,β-unsaturated/α-hetero) is 1. The Hall–Kier alpha value is -2.66. The molecule has 1 aromatic carbocycles. The zero-order valence-electron chi connectivity index (χ0n) is 49.1. The Labute approximate surface area is 486 Å². The summed E-state index contributed by atoms with van der Waals surface area (Å²) in [4.78, 5) is 38.3. The van der Waals surface area contributed by atoms with E-state index >= 15 is 0 Å². The second-order valence-electron chi connectivity index (χ2n) is 22.1. The Kier molecular flexibility index (Phi) is 29.4. The van der Waals surface area contributed by atoms with Crippen LogP contribution in [0.25, 0.3) is 0 Å². The minimum absolute atomic E-state index is 0.0279. The largest absolute Gasteiger partial charge is 0.475 e. The number of hydrogen-bond donors (Lipinski definition) is 5. The predicted octanol–water partition coefficient (Wildman–Crippen LogP) is 5.70. The van der Waals surface area contributed by atoms with E-state index in [2.05, 4.69) is 34.8 Å². The molecule has 23 nitrogen and oxygen atoms in total. The number of amides is 2. The van der Waals surface area contributed by atoms with Gasteiger partial charge in [0.2, 0.25) is 11.8 Å². The van der Waals surface area contributed by atoms with Crippen molar-refractivity contribution in [3.63, 3.8) is 0 Å². The van der Waals surface area contributed by atoms with Crippen LogP contribution < -0.4 is 10.6 Å². The number of benzene rings is 1. The molecule has 3 aliphatic rings. The lowest BCUT2D eigenvalue weighted by molar-refractivity contribution is -0.196. The lowest BCUT2D eigenvalue weighted by Crippen LogP contribution is -2.64. The van der Waals surface area contributed by atoms with E-state index in [0.29, 0.717) is 64.2 Å². The van der Waals surface area contributed by atoms with Crippen LogP contribution in [0.4, 0.5) is 0 Å². The van der Waals surface area contributed by atoms with Crippen molar-refractivity contribution in [3.05, 3.63) is 41.7 Å². The number of aromatic nitrogens is 3. The van der Waals surface area contributed by atoms with Gasteiger partial charge in [-0.15, -0.1) is 5.10 Å². The van der Waals surface area contributed by atoms with Crippen LogP contribution in [0.2, 0.25) is 0 Å². The third-order valence-electron chi connectivity index (χ3n) is 13.6. The molecule has 3 fully saturated rings. The molecule has 3 aliphatic heterocycles. The van der Waals surface area contributed by atoms with Crippen LogP contribution in [0.1, 0.15) is 126 Å². The van der Waals surface area contributed by atoms with Crippen LogP contribution in [0.15, 0.2) is 35.4 Å². The maximum atomic E-state index is 14.9. The molecule has 3 saturated heterocycles. The Morgan fingerprint density at radius 3 is 2.16 bits per heavy atom. The van der Waals surface area contributed by atoms with Crippen molar-refractivity contribution in [2.45, 2.75) is 235 Å². The average Bonchev–Trinajstić information content (AvgIpc) is 4.20. The topological polar surface area (TPSA) is 285 Å². The molecule has 4 heterocycles. The standard InChI is InChI=1S/C55H92N5O18PS2/c1-34(2)72-38(7)53-46(29-37(6)74-53)78-79(67,77-39(8)54-45(73-35(3)4)28-36(5)75-54)71-22-17-41-14-12-13-15-48(41)80-81-55(10,11)19-16-49(64)56-31-42-32-60(59-58-42)20-23-69-25-27-70-26-24-68-21-18-43(63)30-44-50(57-40(9)62)52(66)51(65)47(33-61)76-44/h12-15,32,34-39,44-47,50-54,61,65-66H,16-31,33H2,1-11H3,(H,56,64)(H,57,62)/t36-,37-,38?,39?,44?,45+,46+,47?,50?,51?,52?,53+,54+,79?/m0/s1. The molecule has 0 bridgehead atoms. The van der Waals surface area contributed by atoms with Crippen molar-refractivity contribution >= 4 is 47.0 Å². The van der Waals surface area contributed by atoms with Crippen LogP contribution >= 0.6 is 29.4 Å². The summed E-state index contributed by atoms with van der Waals surface area (Å²) in [5.74, 6) is -0.784. The van der Waals surface area contributed by atoms with Gasteiger partial charge < -0.3 is 63.8 Å². The lowest BCUT2D eigenvalue weighted by atomic mass is 9.90. The molecule has 2 amide bonds. The fourth-order valence-corrected chi connectivity index (χ4v) is 13.8. The molecule has 2 aromatic rings.